The molecule has 0 unspecified atom stereocenters. The molecule has 1 rings (SSSR count). The number of benzene rings is 1. The Morgan fingerprint density at radius 1 is 1.27 bits per heavy atom. The molecule has 0 amide bonds. The molecule has 0 fully saturated rings. The van der Waals surface area contributed by atoms with E-state index in [1.807, 2.05) is 56.3 Å². The number of hydrogen-bond acceptors (Lipinski definition) is 3. The summed E-state index contributed by atoms with van der Waals surface area (Å²) in [5.74, 6) is 0. The van der Waals surface area contributed by atoms with Crippen molar-refractivity contribution in [1.29, 1.82) is 0 Å². The number of ether oxygens (including phenoxy) is 1. The van der Waals surface area contributed by atoms with Gasteiger partial charge in [0.25, 0.3) is 0 Å². The SMILES string of the molecule is CCO[C@@H](c1ccccc1)[C@H](N)N(C)C. The molecule has 2 N–H and O–H groups in total. The first-order valence-electron chi connectivity index (χ1n) is 5.25. The van der Waals surface area contributed by atoms with Crippen LogP contribution in [0, 0.1) is 0 Å². The molecule has 0 spiro atoms. The number of hydrogen-bond donors (Lipinski definition) is 1. The van der Waals surface area contributed by atoms with E-state index in [4.69, 9.17) is 10.5 Å². The van der Waals surface area contributed by atoms with Gasteiger partial charge >= 0.3 is 0 Å². The van der Waals surface area contributed by atoms with Gasteiger partial charge in [-0.3, -0.25) is 4.90 Å². The molecule has 0 aliphatic rings. The van der Waals surface area contributed by atoms with Crippen LogP contribution in [0.1, 0.15) is 18.6 Å². The van der Waals surface area contributed by atoms with Crippen molar-refractivity contribution in [2.75, 3.05) is 20.7 Å². The number of likely N-dealkylation sites (N-methyl/N-ethyl adjacent to an activating group) is 1. The van der Waals surface area contributed by atoms with Gasteiger partial charge in [-0.05, 0) is 26.6 Å². The van der Waals surface area contributed by atoms with Crippen LogP contribution in [0.25, 0.3) is 0 Å². The first-order chi connectivity index (χ1) is 7.16. The molecule has 2 atom stereocenters. The molecule has 84 valence electrons. The summed E-state index contributed by atoms with van der Waals surface area (Å²) in [7, 11) is 3.92. The topological polar surface area (TPSA) is 38.5 Å². The Morgan fingerprint density at radius 3 is 2.33 bits per heavy atom. The fraction of sp³-hybridized carbons (Fsp3) is 0.500. The third-order valence-electron chi connectivity index (χ3n) is 2.38. The van der Waals surface area contributed by atoms with E-state index in [9.17, 15) is 0 Å². The maximum absolute atomic E-state index is 6.08. The van der Waals surface area contributed by atoms with Crippen molar-refractivity contribution in [3.8, 4) is 0 Å². The Balaban J connectivity index is 2.83. The van der Waals surface area contributed by atoms with Gasteiger partial charge in [-0.25, -0.2) is 0 Å². The van der Waals surface area contributed by atoms with Gasteiger partial charge in [-0.1, -0.05) is 30.3 Å². The van der Waals surface area contributed by atoms with Gasteiger partial charge in [0, 0.05) is 6.61 Å². The van der Waals surface area contributed by atoms with Gasteiger partial charge in [-0.2, -0.15) is 0 Å². The van der Waals surface area contributed by atoms with E-state index in [1.165, 1.54) is 0 Å². The molecule has 0 aromatic heterocycles. The molecule has 0 heterocycles. The molecular weight excluding hydrogens is 188 g/mol. The average molecular weight is 208 g/mol. The van der Waals surface area contributed by atoms with Crippen molar-refractivity contribution < 1.29 is 4.74 Å². The molecule has 0 radical (unpaired) electrons. The van der Waals surface area contributed by atoms with Crippen molar-refractivity contribution >= 4 is 0 Å². The molecule has 0 aliphatic carbocycles. The molecule has 1 aromatic rings. The van der Waals surface area contributed by atoms with Crippen molar-refractivity contribution in [2.24, 2.45) is 5.73 Å². The van der Waals surface area contributed by atoms with Crippen LogP contribution in [0.2, 0.25) is 0 Å². The highest BCUT2D eigenvalue weighted by Crippen LogP contribution is 2.20. The summed E-state index contributed by atoms with van der Waals surface area (Å²) < 4.78 is 5.68. The van der Waals surface area contributed by atoms with Crippen LogP contribution < -0.4 is 5.73 Å². The third-order valence-corrected chi connectivity index (χ3v) is 2.38. The highest BCUT2D eigenvalue weighted by Gasteiger charge is 2.21. The minimum atomic E-state index is -0.118. The normalized spacial score (nSPS) is 15.3. The fourth-order valence-electron chi connectivity index (χ4n) is 1.49. The summed E-state index contributed by atoms with van der Waals surface area (Å²) in [5, 5.41) is 0. The Kier molecular flexibility index (Phi) is 4.75. The monoisotopic (exact) mass is 208 g/mol. The van der Waals surface area contributed by atoms with Gasteiger partial charge in [0.15, 0.2) is 0 Å². The average Bonchev–Trinajstić information content (AvgIpc) is 2.26. The summed E-state index contributed by atoms with van der Waals surface area (Å²) in [4.78, 5) is 1.97. The zero-order chi connectivity index (χ0) is 11.3. The molecule has 15 heavy (non-hydrogen) atoms. The van der Waals surface area contributed by atoms with Crippen LogP contribution in [0.3, 0.4) is 0 Å². The Bertz CT molecular complexity index is 274. The predicted octanol–water partition coefficient (Wildman–Crippen LogP) is 1.61. The third kappa shape index (κ3) is 3.30. The summed E-state index contributed by atoms with van der Waals surface area (Å²) in [6, 6.07) is 10.1. The minimum absolute atomic E-state index is 0.0637. The van der Waals surface area contributed by atoms with Gasteiger partial charge in [0.05, 0.1) is 6.17 Å². The second-order valence-electron chi connectivity index (χ2n) is 3.74. The lowest BCUT2D eigenvalue weighted by Crippen LogP contribution is -2.42. The van der Waals surface area contributed by atoms with Crippen molar-refractivity contribution in [3.63, 3.8) is 0 Å². The number of nitrogens with zero attached hydrogens (tertiary/aromatic N) is 1. The molecule has 3 heteroatoms. The quantitative estimate of drug-likeness (QED) is 0.747. The summed E-state index contributed by atoms with van der Waals surface area (Å²) in [5.41, 5.74) is 7.21. The molecule has 0 saturated heterocycles. The van der Waals surface area contributed by atoms with Crippen LogP contribution in [0.5, 0.6) is 0 Å². The van der Waals surface area contributed by atoms with E-state index in [2.05, 4.69) is 0 Å². The predicted molar refractivity (Wildman–Crippen MR) is 62.5 cm³/mol. The lowest BCUT2D eigenvalue weighted by molar-refractivity contribution is 0.00552. The fourth-order valence-corrected chi connectivity index (χ4v) is 1.49. The van der Waals surface area contributed by atoms with E-state index in [0.29, 0.717) is 6.61 Å². The van der Waals surface area contributed by atoms with E-state index in [-0.39, 0.29) is 12.3 Å². The maximum atomic E-state index is 6.08. The Morgan fingerprint density at radius 2 is 1.87 bits per heavy atom. The van der Waals surface area contributed by atoms with Crippen LogP contribution >= 0.6 is 0 Å². The second kappa shape index (κ2) is 5.85. The maximum Gasteiger partial charge on any atom is 0.111 e. The molecule has 0 aliphatic heterocycles. The zero-order valence-electron chi connectivity index (χ0n) is 9.68. The molecule has 0 bridgehead atoms. The van der Waals surface area contributed by atoms with E-state index in [0.717, 1.165) is 5.56 Å². The lowest BCUT2D eigenvalue weighted by atomic mass is 10.1. The molecule has 1 aromatic carbocycles. The molecule has 3 nitrogen and oxygen atoms in total. The minimum Gasteiger partial charge on any atom is -0.371 e. The largest absolute Gasteiger partial charge is 0.371 e. The number of rotatable bonds is 5. The van der Waals surface area contributed by atoms with E-state index >= 15 is 0 Å². The Labute approximate surface area is 91.8 Å². The Hall–Kier alpha value is -0.900. The molecule has 0 saturated carbocycles. The van der Waals surface area contributed by atoms with Gasteiger partial charge < -0.3 is 10.5 Å². The standard InChI is InChI=1S/C12H20N2O/c1-4-15-11(12(13)14(2)3)10-8-6-5-7-9-10/h5-9,11-12H,4,13H2,1-3H3/t11-,12+/m0/s1. The van der Waals surface area contributed by atoms with Gasteiger partial charge in [-0.15, -0.1) is 0 Å². The second-order valence-corrected chi connectivity index (χ2v) is 3.74. The van der Waals surface area contributed by atoms with Gasteiger partial charge in [0.2, 0.25) is 0 Å². The van der Waals surface area contributed by atoms with Crippen LogP contribution in [0.15, 0.2) is 30.3 Å². The summed E-state index contributed by atoms with van der Waals surface area (Å²) in [6.07, 6.45) is -0.182. The van der Waals surface area contributed by atoms with Crippen molar-refractivity contribution in [3.05, 3.63) is 35.9 Å². The first kappa shape index (κ1) is 12.2. The highest BCUT2D eigenvalue weighted by atomic mass is 16.5. The molecular formula is C12H20N2O. The first-order valence-corrected chi connectivity index (χ1v) is 5.25. The van der Waals surface area contributed by atoms with Crippen molar-refractivity contribution in [1.82, 2.24) is 4.90 Å². The van der Waals surface area contributed by atoms with Crippen molar-refractivity contribution in [2.45, 2.75) is 19.2 Å². The lowest BCUT2D eigenvalue weighted by Gasteiger charge is -2.29. The zero-order valence-corrected chi connectivity index (χ0v) is 9.68. The van der Waals surface area contributed by atoms with Crippen LogP contribution in [-0.2, 0) is 4.74 Å². The van der Waals surface area contributed by atoms with Crippen LogP contribution in [0.4, 0.5) is 0 Å². The van der Waals surface area contributed by atoms with Crippen LogP contribution in [-0.4, -0.2) is 31.8 Å². The summed E-state index contributed by atoms with van der Waals surface area (Å²) >= 11 is 0. The van der Waals surface area contributed by atoms with E-state index in [1.54, 1.807) is 0 Å². The van der Waals surface area contributed by atoms with Gasteiger partial charge in [0.1, 0.15) is 6.10 Å². The number of nitrogens with two attached hydrogens (primary N) is 1. The smallest absolute Gasteiger partial charge is 0.111 e. The highest BCUT2D eigenvalue weighted by molar-refractivity contribution is 5.18. The van der Waals surface area contributed by atoms with E-state index < -0.39 is 0 Å². The summed E-state index contributed by atoms with van der Waals surface area (Å²) in [6.45, 7) is 2.65.